The zero-order valence-corrected chi connectivity index (χ0v) is 14.7. The van der Waals surface area contributed by atoms with Crippen LogP contribution in [0.25, 0.3) is 33.2 Å². The van der Waals surface area contributed by atoms with Crippen molar-refractivity contribution >= 4 is 32.9 Å². The maximum atomic E-state index is 11.8. The van der Waals surface area contributed by atoms with Crippen LogP contribution in [-0.2, 0) is 0 Å². The van der Waals surface area contributed by atoms with Gasteiger partial charge in [0.15, 0.2) is 10.3 Å². The number of aromatic carboxylic acids is 1. The van der Waals surface area contributed by atoms with E-state index in [1.165, 1.54) is 0 Å². The normalized spacial score (nSPS) is 10.9. The highest BCUT2D eigenvalue weighted by Gasteiger charge is 2.21. The molecule has 1 heterocycles. The molecule has 0 saturated carbocycles. The van der Waals surface area contributed by atoms with E-state index >= 15 is 0 Å². The van der Waals surface area contributed by atoms with Gasteiger partial charge in [-0.05, 0) is 44.8 Å². The van der Waals surface area contributed by atoms with Crippen molar-refractivity contribution in [3.05, 3.63) is 83.0 Å². The molecule has 0 saturated heterocycles. The Morgan fingerprint density at radius 1 is 0.840 bits per heavy atom. The van der Waals surface area contributed by atoms with E-state index in [-0.39, 0.29) is 5.56 Å². The van der Waals surface area contributed by atoms with Gasteiger partial charge in [-0.3, -0.25) is 0 Å². The van der Waals surface area contributed by atoms with Gasteiger partial charge in [0, 0.05) is 10.9 Å². The molecule has 0 radical (unpaired) electrons. The lowest BCUT2D eigenvalue weighted by molar-refractivity contribution is 0.0698. The predicted octanol–water partition coefficient (Wildman–Crippen LogP) is 6.23. The molecule has 0 atom stereocenters. The van der Waals surface area contributed by atoms with Gasteiger partial charge in [-0.1, -0.05) is 60.7 Å². The van der Waals surface area contributed by atoms with Crippen LogP contribution in [0.1, 0.15) is 10.4 Å². The van der Waals surface area contributed by atoms with Crippen molar-refractivity contribution < 1.29 is 14.3 Å². The van der Waals surface area contributed by atoms with Crippen molar-refractivity contribution in [2.24, 2.45) is 0 Å². The van der Waals surface area contributed by atoms with Crippen molar-refractivity contribution in [1.82, 2.24) is 0 Å². The van der Waals surface area contributed by atoms with Crippen molar-refractivity contribution in [1.29, 1.82) is 0 Å². The van der Waals surface area contributed by atoms with Crippen molar-refractivity contribution in [3.63, 3.8) is 0 Å². The second-order valence-electron chi connectivity index (χ2n) is 5.69. The van der Waals surface area contributed by atoms with E-state index in [2.05, 4.69) is 15.9 Å². The van der Waals surface area contributed by atoms with E-state index in [9.17, 15) is 9.90 Å². The van der Waals surface area contributed by atoms with E-state index in [4.69, 9.17) is 4.42 Å². The fourth-order valence-electron chi connectivity index (χ4n) is 3.00. The zero-order valence-electron chi connectivity index (χ0n) is 13.1. The van der Waals surface area contributed by atoms with Gasteiger partial charge >= 0.3 is 5.97 Å². The quantitative estimate of drug-likeness (QED) is 0.449. The molecule has 4 aromatic rings. The van der Waals surface area contributed by atoms with E-state index in [0.29, 0.717) is 10.3 Å². The van der Waals surface area contributed by atoms with E-state index in [1.54, 1.807) is 6.07 Å². The van der Waals surface area contributed by atoms with Crippen molar-refractivity contribution in [3.8, 4) is 22.3 Å². The van der Waals surface area contributed by atoms with Gasteiger partial charge in [-0.15, -0.1) is 0 Å². The highest BCUT2D eigenvalue weighted by Crippen LogP contribution is 2.41. The first-order chi connectivity index (χ1) is 12.1. The van der Waals surface area contributed by atoms with Crippen LogP contribution in [0.5, 0.6) is 0 Å². The first kappa shape index (κ1) is 15.7. The van der Waals surface area contributed by atoms with Crippen molar-refractivity contribution in [2.45, 2.75) is 0 Å². The molecule has 4 rings (SSSR count). The van der Waals surface area contributed by atoms with Crippen LogP contribution in [-0.4, -0.2) is 11.1 Å². The molecule has 0 amide bonds. The second-order valence-corrected chi connectivity index (χ2v) is 6.41. The number of carboxylic acid groups (broad SMARTS) is 1. The van der Waals surface area contributed by atoms with Crippen LogP contribution in [0.3, 0.4) is 0 Å². The minimum absolute atomic E-state index is 0.152. The molecule has 3 aromatic carbocycles. The van der Waals surface area contributed by atoms with E-state index in [0.717, 1.165) is 27.6 Å². The summed E-state index contributed by atoms with van der Waals surface area (Å²) in [6, 6.07) is 23.1. The Labute approximate surface area is 152 Å². The molecule has 4 heteroatoms. The SMILES string of the molecule is O=C(O)c1cc(-c2ccccc2)cc2c(-c3ccccc3)c(Br)oc12. The van der Waals surface area contributed by atoms with Crippen LogP contribution >= 0.6 is 15.9 Å². The van der Waals surface area contributed by atoms with Gasteiger partial charge in [-0.25, -0.2) is 4.79 Å². The third-order valence-electron chi connectivity index (χ3n) is 4.15. The largest absolute Gasteiger partial charge is 0.478 e. The van der Waals surface area contributed by atoms with Crippen molar-refractivity contribution in [2.75, 3.05) is 0 Å². The van der Waals surface area contributed by atoms with Gasteiger partial charge < -0.3 is 9.52 Å². The molecule has 0 aliphatic heterocycles. The summed E-state index contributed by atoms with van der Waals surface area (Å²) in [7, 11) is 0. The Morgan fingerprint density at radius 3 is 2.04 bits per heavy atom. The molecule has 25 heavy (non-hydrogen) atoms. The number of fused-ring (bicyclic) bond motifs is 1. The Balaban J connectivity index is 2.07. The van der Waals surface area contributed by atoms with Gasteiger partial charge in [0.1, 0.15) is 5.56 Å². The second kappa shape index (κ2) is 6.22. The number of hydrogen-bond donors (Lipinski definition) is 1. The van der Waals surface area contributed by atoms with Crippen LogP contribution < -0.4 is 0 Å². The van der Waals surface area contributed by atoms with Gasteiger partial charge in [-0.2, -0.15) is 0 Å². The zero-order chi connectivity index (χ0) is 17.4. The summed E-state index contributed by atoms with van der Waals surface area (Å²) in [6.45, 7) is 0. The van der Waals surface area contributed by atoms with Gasteiger partial charge in [0.25, 0.3) is 0 Å². The van der Waals surface area contributed by atoms with Crippen LogP contribution in [0.4, 0.5) is 0 Å². The van der Waals surface area contributed by atoms with Crippen LogP contribution in [0.2, 0.25) is 0 Å². The first-order valence-corrected chi connectivity index (χ1v) is 8.54. The minimum atomic E-state index is -1.01. The third kappa shape index (κ3) is 2.75. The smallest absolute Gasteiger partial charge is 0.339 e. The van der Waals surface area contributed by atoms with Crippen LogP contribution in [0, 0.1) is 0 Å². The molecule has 122 valence electrons. The summed E-state index contributed by atoms with van der Waals surface area (Å²) < 4.78 is 6.30. The lowest BCUT2D eigenvalue weighted by Gasteiger charge is -2.06. The molecule has 0 aliphatic rings. The Morgan fingerprint density at radius 2 is 1.44 bits per heavy atom. The molecule has 0 aliphatic carbocycles. The highest BCUT2D eigenvalue weighted by atomic mass is 79.9. The summed E-state index contributed by atoms with van der Waals surface area (Å²) in [4.78, 5) is 11.8. The Bertz CT molecular complexity index is 1070. The molecular weight excluding hydrogens is 380 g/mol. The number of benzene rings is 3. The predicted molar refractivity (Wildman–Crippen MR) is 102 cm³/mol. The minimum Gasteiger partial charge on any atom is -0.478 e. The molecule has 0 unspecified atom stereocenters. The topological polar surface area (TPSA) is 50.4 Å². The number of carbonyl (C=O) groups is 1. The molecule has 1 aromatic heterocycles. The van der Waals surface area contributed by atoms with Crippen LogP contribution in [0.15, 0.2) is 81.9 Å². The maximum Gasteiger partial charge on any atom is 0.339 e. The summed E-state index contributed by atoms with van der Waals surface area (Å²) in [6.07, 6.45) is 0. The molecule has 1 N–H and O–H groups in total. The highest BCUT2D eigenvalue weighted by molar-refractivity contribution is 9.10. The first-order valence-electron chi connectivity index (χ1n) is 7.75. The summed E-state index contributed by atoms with van der Waals surface area (Å²) in [5.41, 5.74) is 4.15. The monoisotopic (exact) mass is 392 g/mol. The average molecular weight is 393 g/mol. The summed E-state index contributed by atoms with van der Waals surface area (Å²) in [5, 5.41) is 10.4. The fraction of sp³-hybridized carbons (Fsp3) is 0. The molecular formula is C21H13BrO3. The maximum absolute atomic E-state index is 11.8. The van der Waals surface area contributed by atoms with E-state index in [1.807, 2.05) is 66.7 Å². The molecule has 0 fully saturated rings. The number of hydrogen-bond acceptors (Lipinski definition) is 2. The fourth-order valence-corrected chi connectivity index (χ4v) is 3.61. The third-order valence-corrected chi connectivity index (χ3v) is 4.70. The number of carboxylic acids is 1. The lowest BCUT2D eigenvalue weighted by Crippen LogP contribution is -1.97. The number of halogens is 1. The van der Waals surface area contributed by atoms with Gasteiger partial charge in [0.2, 0.25) is 0 Å². The number of furan rings is 1. The molecule has 0 spiro atoms. The lowest BCUT2D eigenvalue weighted by atomic mass is 9.97. The average Bonchev–Trinajstić information content (AvgIpc) is 2.98. The van der Waals surface area contributed by atoms with Gasteiger partial charge in [0.05, 0.1) is 0 Å². The number of rotatable bonds is 3. The molecule has 3 nitrogen and oxygen atoms in total. The molecule has 0 bridgehead atoms. The summed E-state index contributed by atoms with van der Waals surface area (Å²) >= 11 is 3.45. The summed E-state index contributed by atoms with van der Waals surface area (Å²) in [5.74, 6) is -1.01. The Hall–Kier alpha value is -2.85. The Kier molecular flexibility index (Phi) is 3.90. The van der Waals surface area contributed by atoms with E-state index < -0.39 is 5.97 Å². The standard InChI is InChI=1S/C21H13BrO3/c22-20-18(14-9-5-2-6-10-14)16-11-15(13-7-3-1-4-8-13)12-17(21(23)24)19(16)25-20/h1-12H,(H,23,24).